The maximum absolute atomic E-state index is 11.5. The molecule has 2 N–H and O–H groups in total. The summed E-state index contributed by atoms with van der Waals surface area (Å²) in [6, 6.07) is 0. The maximum Gasteiger partial charge on any atom is 0.0735 e. The highest BCUT2D eigenvalue weighted by Gasteiger charge is 2.63. The number of fused-ring (bicyclic) bond motifs is 5. The van der Waals surface area contributed by atoms with Crippen LogP contribution in [0.25, 0.3) is 0 Å². The maximum atomic E-state index is 11.5. The first kappa shape index (κ1) is 14.3. The normalized spacial score (nSPS) is 56.2. The van der Waals surface area contributed by atoms with Crippen LogP contribution in [0.4, 0.5) is 0 Å². The van der Waals surface area contributed by atoms with Gasteiger partial charge in [0.1, 0.15) is 0 Å². The Morgan fingerprint density at radius 3 is 2.67 bits per heavy atom. The van der Waals surface area contributed by atoms with Gasteiger partial charge in [-0.05, 0) is 80.5 Å². The molecule has 0 spiro atoms. The van der Waals surface area contributed by atoms with Gasteiger partial charge in [0.2, 0.25) is 0 Å². The molecule has 0 unspecified atom stereocenters. The first-order valence-electron chi connectivity index (χ1n) is 8.99. The highest BCUT2D eigenvalue weighted by molar-refractivity contribution is 5.27. The van der Waals surface area contributed by atoms with Crippen LogP contribution >= 0.6 is 0 Å². The molecular formula is C19H30O2. The molecule has 0 amide bonds. The molecule has 4 rings (SSSR count). The molecule has 4 aliphatic rings. The van der Waals surface area contributed by atoms with Crippen LogP contribution in [0.1, 0.15) is 71.6 Å². The Balaban J connectivity index is 1.73. The highest BCUT2D eigenvalue weighted by atomic mass is 16.3. The SMILES string of the molecule is C[C@]12CCC[C@]1(O)[C@H]1CC=C3C[C@@H](O)CC[C@]3(C)[C@@H]1CC2. The summed E-state index contributed by atoms with van der Waals surface area (Å²) in [7, 11) is 0. The summed E-state index contributed by atoms with van der Waals surface area (Å²) in [5.74, 6) is 1.07. The summed E-state index contributed by atoms with van der Waals surface area (Å²) in [5.41, 5.74) is 1.45. The van der Waals surface area contributed by atoms with Crippen LogP contribution in [0.5, 0.6) is 0 Å². The van der Waals surface area contributed by atoms with Gasteiger partial charge in [0, 0.05) is 0 Å². The fourth-order valence-corrected chi connectivity index (χ4v) is 6.60. The second-order valence-corrected chi connectivity index (χ2v) is 8.87. The van der Waals surface area contributed by atoms with Crippen molar-refractivity contribution in [3.8, 4) is 0 Å². The molecule has 118 valence electrons. The molecule has 3 fully saturated rings. The van der Waals surface area contributed by atoms with E-state index in [1.54, 1.807) is 0 Å². The lowest BCUT2D eigenvalue weighted by atomic mass is 9.46. The minimum atomic E-state index is -0.434. The van der Waals surface area contributed by atoms with Crippen LogP contribution in [0.15, 0.2) is 11.6 Å². The summed E-state index contributed by atoms with van der Waals surface area (Å²) in [4.78, 5) is 0. The molecule has 4 aliphatic carbocycles. The van der Waals surface area contributed by atoms with Gasteiger partial charge in [-0.15, -0.1) is 0 Å². The van der Waals surface area contributed by atoms with E-state index in [1.165, 1.54) is 31.3 Å². The third-order valence-corrected chi connectivity index (χ3v) is 8.06. The Morgan fingerprint density at radius 2 is 1.86 bits per heavy atom. The molecule has 0 aliphatic heterocycles. The van der Waals surface area contributed by atoms with Crippen molar-refractivity contribution in [3.05, 3.63) is 11.6 Å². The monoisotopic (exact) mass is 290 g/mol. The summed E-state index contributed by atoms with van der Waals surface area (Å²) < 4.78 is 0. The zero-order chi connectivity index (χ0) is 14.9. The molecule has 3 saturated carbocycles. The summed E-state index contributed by atoms with van der Waals surface area (Å²) >= 11 is 0. The lowest BCUT2D eigenvalue weighted by molar-refractivity contribution is -0.168. The van der Waals surface area contributed by atoms with Crippen molar-refractivity contribution in [1.82, 2.24) is 0 Å². The summed E-state index contributed by atoms with van der Waals surface area (Å²) in [5, 5.41) is 21.6. The summed E-state index contributed by atoms with van der Waals surface area (Å²) in [6.45, 7) is 4.75. The van der Waals surface area contributed by atoms with E-state index in [-0.39, 0.29) is 16.9 Å². The third kappa shape index (κ3) is 1.72. The molecule has 0 aromatic carbocycles. The number of allylic oxidation sites excluding steroid dienone is 1. The van der Waals surface area contributed by atoms with Crippen molar-refractivity contribution in [3.63, 3.8) is 0 Å². The van der Waals surface area contributed by atoms with Gasteiger partial charge in [-0.1, -0.05) is 25.5 Å². The van der Waals surface area contributed by atoms with E-state index in [0.29, 0.717) is 11.8 Å². The van der Waals surface area contributed by atoms with Crippen LogP contribution in [0.2, 0.25) is 0 Å². The van der Waals surface area contributed by atoms with E-state index in [0.717, 1.165) is 32.1 Å². The zero-order valence-corrected chi connectivity index (χ0v) is 13.6. The molecule has 2 heteroatoms. The first-order valence-corrected chi connectivity index (χ1v) is 8.99. The number of hydrogen-bond donors (Lipinski definition) is 2. The van der Waals surface area contributed by atoms with Gasteiger partial charge in [-0.3, -0.25) is 0 Å². The van der Waals surface area contributed by atoms with E-state index in [2.05, 4.69) is 19.9 Å². The lowest BCUT2D eigenvalue weighted by Gasteiger charge is -2.60. The lowest BCUT2D eigenvalue weighted by Crippen LogP contribution is -2.59. The Labute approximate surface area is 128 Å². The highest BCUT2D eigenvalue weighted by Crippen LogP contribution is 2.66. The molecule has 2 nitrogen and oxygen atoms in total. The smallest absolute Gasteiger partial charge is 0.0735 e. The van der Waals surface area contributed by atoms with Crippen molar-refractivity contribution in [2.45, 2.75) is 83.3 Å². The fraction of sp³-hybridized carbons (Fsp3) is 0.895. The van der Waals surface area contributed by atoms with Crippen LogP contribution in [0.3, 0.4) is 0 Å². The molecule has 0 heterocycles. The molecule has 6 atom stereocenters. The topological polar surface area (TPSA) is 40.5 Å². The molecule has 0 saturated heterocycles. The first-order chi connectivity index (χ1) is 9.89. The predicted molar refractivity (Wildman–Crippen MR) is 83.8 cm³/mol. The quantitative estimate of drug-likeness (QED) is 0.666. The molecule has 0 aromatic rings. The van der Waals surface area contributed by atoms with Crippen LogP contribution < -0.4 is 0 Å². The molecule has 0 radical (unpaired) electrons. The average molecular weight is 290 g/mol. The predicted octanol–water partition coefficient (Wildman–Crippen LogP) is 3.82. The number of aliphatic hydroxyl groups excluding tert-OH is 1. The zero-order valence-electron chi connectivity index (χ0n) is 13.6. The third-order valence-electron chi connectivity index (χ3n) is 8.06. The number of hydrogen-bond acceptors (Lipinski definition) is 2. The van der Waals surface area contributed by atoms with Gasteiger partial charge in [0.25, 0.3) is 0 Å². The van der Waals surface area contributed by atoms with E-state index >= 15 is 0 Å². The van der Waals surface area contributed by atoms with Crippen molar-refractivity contribution in [1.29, 1.82) is 0 Å². The number of aliphatic hydroxyl groups is 2. The van der Waals surface area contributed by atoms with Gasteiger partial charge in [0.15, 0.2) is 0 Å². The molecule has 0 bridgehead atoms. The minimum Gasteiger partial charge on any atom is -0.393 e. The second-order valence-electron chi connectivity index (χ2n) is 8.87. The Morgan fingerprint density at radius 1 is 1.05 bits per heavy atom. The van der Waals surface area contributed by atoms with E-state index in [4.69, 9.17) is 0 Å². The van der Waals surface area contributed by atoms with Crippen LogP contribution in [-0.4, -0.2) is 21.9 Å². The van der Waals surface area contributed by atoms with Crippen molar-refractivity contribution in [2.75, 3.05) is 0 Å². The fourth-order valence-electron chi connectivity index (χ4n) is 6.60. The Hall–Kier alpha value is -0.340. The Bertz CT molecular complexity index is 484. The minimum absolute atomic E-state index is 0.135. The molecule has 0 aromatic heterocycles. The van der Waals surface area contributed by atoms with Crippen LogP contribution in [0, 0.1) is 22.7 Å². The van der Waals surface area contributed by atoms with Gasteiger partial charge in [-0.2, -0.15) is 0 Å². The van der Waals surface area contributed by atoms with E-state index in [1.807, 2.05) is 0 Å². The number of rotatable bonds is 0. The van der Waals surface area contributed by atoms with Crippen LogP contribution in [-0.2, 0) is 0 Å². The summed E-state index contributed by atoms with van der Waals surface area (Å²) in [6.07, 6.45) is 12.1. The van der Waals surface area contributed by atoms with Gasteiger partial charge in [-0.25, -0.2) is 0 Å². The van der Waals surface area contributed by atoms with E-state index in [9.17, 15) is 10.2 Å². The van der Waals surface area contributed by atoms with Gasteiger partial charge in [0.05, 0.1) is 11.7 Å². The largest absolute Gasteiger partial charge is 0.393 e. The van der Waals surface area contributed by atoms with Gasteiger partial charge >= 0.3 is 0 Å². The van der Waals surface area contributed by atoms with Gasteiger partial charge < -0.3 is 10.2 Å². The average Bonchev–Trinajstić information content (AvgIpc) is 2.75. The molecule has 21 heavy (non-hydrogen) atoms. The standard InChI is InChI=1S/C19H30O2/c1-17-8-3-9-19(17,21)16-5-4-13-12-14(20)6-11-18(13,2)15(16)7-10-17/h4,14-16,20-21H,3,5-12H2,1-2H3/t14-,15+,16-,17+,18-,19-/m0/s1. The Kier molecular flexibility index (Phi) is 2.96. The van der Waals surface area contributed by atoms with Crippen molar-refractivity contribution >= 4 is 0 Å². The van der Waals surface area contributed by atoms with Crippen molar-refractivity contribution < 1.29 is 10.2 Å². The van der Waals surface area contributed by atoms with E-state index < -0.39 is 5.60 Å². The van der Waals surface area contributed by atoms with Crippen molar-refractivity contribution in [2.24, 2.45) is 22.7 Å². The second kappa shape index (κ2) is 4.35. The molecular weight excluding hydrogens is 260 g/mol.